The summed E-state index contributed by atoms with van der Waals surface area (Å²) in [5.74, 6) is 1.41. The fourth-order valence-electron chi connectivity index (χ4n) is 3.45. The summed E-state index contributed by atoms with van der Waals surface area (Å²) in [6, 6.07) is 15.6. The molecule has 0 radical (unpaired) electrons. The second-order valence-electron chi connectivity index (χ2n) is 6.96. The van der Waals surface area contributed by atoms with Crippen molar-refractivity contribution in [2.75, 3.05) is 25.2 Å². The first kappa shape index (κ1) is 18.6. The zero-order chi connectivity index (χ0) is 19.3. The van der Waals surface area contributed by atoms with E-state index < -0.39 is 0 Å². The molecule has 4 rings (SSSR count). The maximum absolute atomic E-state index is 12.6. The summed E-state index contributed by atoms with van der Waals surface area (Å²) in [5, 5.41) is 7.05. The molecular weight excluding hydrogens is 374 g/mol. The van der Waals surface area contributed by atoms with E-state index in [0.717, 1.165) is 36.7 Å². The summed E-state index contributed by atoms with van der Waals surface area (Å²) >= 11 is 5.52. The average Bonchev–Trinajstić information content (AvgIpc) is 3.21. The molecular formula is C21H23N3O3S. The van der Waals surface area contributed by atoms with Gasteiger partial charge >= 0.3 is 0 Å². The minimum absolute atomic E-state index is 0.0152. The van der Waals surface area contributed by atoms with Gasteiger partial charge in [0.25, 0.3) is 0 Å². The van der Waals surface area contributed by atoms with E-state index in [0.29, 0.717) is 18.0 Å². The molecule has 1 saturated heterocycles. The van der Waals surface area contributed by atoms with Gasteiger partial charge in [-0.3, -0.25) is 4.79 Å². The number of carbonyl (C=O) groups is 1. The van der Waals surface area contributed by atoms with Crippen molar-refractivity contribution < 1.29 is 14.3 Å². The van der Waals surface area contributed by atoms with Gasteiger partial charge in [0.2, 0.25) is 12.7 Å². The van der Waals surface area contributed by atoms with E-state index in [-0.39, 0.29) is 18.6 Å². The summed E-state index contributed by atoms with van der Waals surface area (Å²) < 4.78 is 10.7. The van der Waals surface area contributed by atoms with Gasteiger partial charge in [-0.15, -0.1) is 0 Å². The van der Waals surface area contributed by atoms with Crippen LogP contribution in [-0.2, 0) is 11.3 Å². The molecule has 2 aliphatic heterocycles. The lowest BCUT2D eigenvalue weighted by molar-refractivity contribution is -0.120. The average molecular weight is 398 g/mol. The SMILES string of the molecule is O=C(Nc1ccc2c(c1)OCO2)C1CCN(C(=S)NCc2ccccc2)CC1. The smallest absolute Gasteiger partial charge is 0.231 e. The van der Waals surface area contributed by atoms with E-state index in [1.807, 2.05) is 30.3 Å². The van der Waals surface area contributed by atoms with Crippen molar-refractivity contribution in [1.29, 1.82) is 0 Å². The van der Waals surface area contributed by atoms with Gasteiger partial charge < -0.3 is 25.0 Å². The molecule has 0 unspecified atom stereocenters. The minimum Gasteiger partial charge on any atom is -0.454 e. The van der Waals surface area contributed by atoms with Crippen LogP contribution < -0.4 is 20.1 Å². The van der Waals surface area contributed by atoms with Crippen LogP contribution >= 0.6 is 12.2 Å². The number of ether oxygens (including phenoxy) is 2. The molecule has 0 spiro atoms. The molecule has 2 heterocycles. The van der Waals surface area contributed by atoms with Crippen LogP contribution in [0.4, 0.5) is 5.69 Å². The second kappa shape index (κ2) is 8.48. The molecule has 0 bridgehead atoms. The van der Waals surface area contributed by atoms with Crippen molar-refractivity contribution in [3.8, 4) is 11.5 Å². The number of hydrogen-bond acceptors (Lipinski definition) is 4. The number of likely N-dealkylation sites (tertiary alicyclic amines) is 1. The summed E-state index contributed by atoms with van der Waals surface area (Å²) in [5.41, 5.74) is 1.93. The molecule has 7 heteroatoms. The van der Waals surface area contributed by atoms with Gasteiger partial charge in [0, 0.05) is 37.3 Å². The van der Waals surface area contributed by atoms with E-state index in [1.165, 1.54) is 5.56 Å². The van der Waals surface area contributed by atoms with Gasteiger partial charge in [-0.2, -0.15) is 0 Å². The van der Waals surface area contributed by atoms with Gasteiger partial charge in [0.1, 0.15) is 0 Å². The van der Waals surface area contributed by atoms with Crippen LogP contribution in [0.25, 0.3) is 0 Å². The molecule has 0 aromatic heterocycles. The Morgan fingerprint density at radius 1 is 1.07 bits per heavy atom. The Kier molecular flexibility index (Phi) is 5.62. The van der Waals surface area contributed by atoms with Crippen molar-refractivity contribution in [3.63, 3.8) is 0 Å². The lowest BCUT2D eigenvalue weighted by Gasteiger charge is -2.33. The van der Waals surface area contributed by atoms with Crippen molar-refractivity contribution in [3.05, 3.63) is 54.1 Å². The van der Waals surface area contributed by atoms with Crippen molar-refractivity contribution >= 4 is 28.9 Å². The number of piperidine rings is 1. The zero-order valence-corrected chi connectivity index (χ0v) is 16.3. The summed E-state index contributed by atoms with van der Waals surface area (Å²) in [6.45, 7) is 2.49. The van der Waals surface area contributed by atoms with Crippen molar-refractivity contribution in [2.24, 2.45) is 5.92 Å². The predicted molar refractivity (Wildman–Crippen MR) is 111 cm³/mol. The third-order valence-electron chi connectivity index (χ3n) is 5.08. The number of amides is 1. The Hall–Kier alpha value is -2.80. The Balaban J connectivity index is 1.24. The number of fused-ring (bicyclic) bond motifs is 1. The monoisotopic (exact) mass is 397 g/mol. The number of rotatable bonds is 4. The number of benzene rings is 2. The van der Waals surface area contributed by atoms with Crippen LogP contribution in [0.5, 0.6) is 11.5 Å². The molecule has 28 heavy (non-hydrogen) atoms. The molecule has 1 amide bonds. The van der Waals surface area contributed by atoms with Crippen LogP contribution in [0.1, 0.15) is 18.4 Å². The highest BCUT2D eigenvalue weighted by Crippen LogP contribution is 2.34. The molecule has 0 saturated carbocycles. The standard InChI is InChI=1S/C21H23N3O3S/c25-20(23-17-6-7-18-19(12-17)27-14-26-18)16-8-10-24(11-9-16)21(28)22-13-15-4-2-1-3-5-15/h1-7,12,16H,8-11,13-14H2,(H,22,28)(H,23,25). The van der Waals surface area contributed by atoms with E-state index in [9.17, 15) is 4.79 Å². The number of anilines is 1. The van der Waals surface area contributed by atoms with Gasteiger partial charge in [0.15, 0.2) is 16.6 Å². The van der Waals surface area contributed by atoms with Gasteiger partial charge in [-0.05, 0) is 42.8 Å². The molecule has 2 aromatic rings. The molecule has 2 aromatic carbocycles. The summed E-state index contributed by atoms with van der Waals surface area (Å²) in [6.07, 6.45) is 1.56. The third kappa shape index (κ3) is 4.36. The number of carbonyl (C=O) groups excluding carboxylic acids is 1. The number of nitrogens with zero attached hydrogens (tertiary/aromatic N) is 1. The second-order valence-corrected chi connectivity index (χ2v) is 7.35. The maximum Gasteiger partial charge on any atom is 0.231 e. The maximum atomic E-state index is 12.6. The molecule has 0 aliphatic carbocycles. The fraction of sp³-hybridized carbons (Fsp3) is 0.333. The first-order valence-electron chi connectivity index (χ1n) is 9.46. The van der Waals surface area contributed by atoms with Crippen LogP contribution in [0.15, 0.2) is 48.5 Å². The highest BCUT2D eigenvalue weighted by Gasteiger charge is 2.26. The largest absolute Gasteiger partial charge is 0.454 e. The molecule has 1 fully saturated rings. The number of thiocarbonyl (C=S) groups is 1. The Labute approximate surface area is 169 Å². The lowest BCUT2D eigenvalue weighted by Crippen LogP contribution is -2.45. The lowest BCUT2D eigenvalue weighted by atomic mass is 9.96. The van der Waals surface area contributed by atoms with E-state index in [2.05, 4.69) is 27.7 Å². The van der Waals surface area contributed by atoms with Gasteiger partial charge in [-0.1, -0.05) is 30.3 Å². The highest BCUT2D eigenvalue weighted by atomic mass is 32.1. The summed E-state index contributed by atoms with van der Waals surface area (Å²) in [4.78, 5) is 14.7. The van der Waals surface area contributed by atoms with Crippen LogP contribution in [0.2, 0.25) is 0 Å². The first-order chi connectivity index (χ1) is 13.7. The Morgan fingerprint density at radius 3 is 2.61 bits per heavy atom. The van der Waals surface area contributed by atoms with Crippen molar-refractivity contribution in [2.45, 2.75) is 19.4 Å². The molecule has 146 valence electrons. The molecule has 2 aliphatic rings. The van der Waals surface area contributed by atoms with E-state index in [1.54, 1.807) is 6.07 Å². The first-order valence-corrected chi connectivity index (χ1v) is 9.87. The van der Waals surface area contributed by atoms with Crippen LogP contribution in [0, 0.1) is 5.92 Å². The minimum atomic E-state index is -0.0152. The molecule has 6 nitrogen and oxygen atoms in total. The number of hydrogen-bond donors (Lipinski definition) is 2. The zero-order valence-electron chi connectivity index (χ0n) is 15.5. The van der Waals surface area contributed by atoms with Crippen LogP contribution in [-0.4, -0.2) is 35.8 Å². The summed E-state index contributed by atoms with van der Waals surface area (Å²) in [7, 11) is 0. The topological polar surface area (TPSA) is 62.8 Å². The molecule has 2 N–H and O–H groups in total. The Morgan fingerprint density at radius 2 is 1.82 bits per heavy atom. The normalized spacial score (nSPS) is 15.9. The Bertz CT molecular complexity index is 851. The quantitative estimate of drug-likeness (QED) is 0.773. The molecule has 0 atom stereocenters. The van der Waals surface area contributed by atoms with Crippen molar-refractivity contribution in [1.82, 2.24) is 10.2 Å². The van der Waals surface area contributed by atoms with E-state index >= 15 is 0 Å². The van der Waals surface area contributed by atoms with Crippen LogP contribution in [0.3, 0.4) is 0 Å². The number of nitrogens with one attached hydrogen (secondary N) is 2. The highest BCUT2D eigenvalue weighted by molar-refractivity contribution is 7.80. The van der Waals surface area contributed by atoms with E-state index in [4.69, 9.17) is 21.7 Å². The van der Waals surface area contributed by atoms with Gasteiger partial charge in [0.05, 0.1) is 0 Å². The fourth-order valence-corrected chi connectivity index (χ4v) is 3.70. The predicted octanol–water partition coefficient (Wildman–Crippen LogP) is 3.14. The van der Waals surface area contributed by atoms with Gasteiger partial charge in [-0.25, -0.2) is 0 Å². The third-order valence-corrected chi connectivity index (χ3v) is 5.48.